The van der Waals surface area contributed by atoms with Crippen molar-refractivity contribution in [3.05, 3.63) is 34.1 Å². The molecule has 2 aromatic rings. The highest BCUT2D eigenvalue weighted by Gasteiger charge is 2.31. The molecular formula is C25H34ClN5O5. The third kappa shape index (κ3) is 6.55. The van der Waals surface area contributed by atoms with Crippen LogP contribution in [0.4, 0.5) is 17.3 Å². The van der Waals surface area contributed by atoms with E-state index in [-0.39, 0.29) is 30.4 Å². The lowest BCUT2D eigenvalue weighted by Crippen LogP contribution is -2.31. The minimum Gasteiger partial charge on any atom is -0.463 e. The van der Waals surface area contributed by atoms with E-state index in [9.17, 15) is 9.59 Å². The highest BCUT2D eigenvalue weighted by molar-refractivity contribution is 6.28. The van der Waals surface area contributed by atoms with Crippen molar-refractivity contribution in [1.82, 2.24) is 9.97 Å². The molecule has 0 saturated carbocycles. The van der Waals surface area contributed by atoms with Gasteiger partial charge in [-0.15, -0.1) is 0 Å². The second kappa shape index (κ2) is 11.3. The molecule has 196 valence electrons. The first-order valence-corrected chi connectivity index (χ1v) is 12.1. The quantitative estimate of drug-likeness (QED) is 0.272. The molecule has 0 amide bonds. The van der Waals surface area contributed by atoms with Gasteiger partial charge in [0.15, 0.2) is 11.6 Å². The van der Waals surface area contributed by atoms with Gasteiger partial charge in [-0.3, -0.25) is 9.59 Å². The molecule has 0 saturated heterocycles. The standard InChI is InChI=1S/C25H34ClN5O5/c1-14-9-15(2)20(18(10-14)36-16(3)32)25(4,5)11-19(33)35-12-17(34-6)7-8-31-13-28-21-22(27)29-24(26)30-23(21)31/h9-10,17,28H,7-8,11-13H2,1-6H3,(H2,27,29,30). The van der Waals surface area contributed by atoms with Gasteiger partial charge in [-0.05, 0) is 49.1 Å². The Kier molecular flexibility index (Phi) is 8.63. The fraction of sp³-hybridized carbons (Fsp3) is 0.520. The van der Waals surface area contributed by atoms with Crippen LogP contribution in [0.1, 0.15) is 50.3 Å². The van der Waals surface area contributed by atoms with E-state index in [1.807, 2.05) is 44.7 Å². The van der Waals surface area contributed by atoms with Gasteiger partial charge in [0.1, 0.15) is 18.0 Å². The molecule has 2 heterocycles. The third-order valence-electron chi connectivity index (χ3n) is 6.08. The largest absolute Gasteiger partial charge is 0.463 e. The molecule has 1 aliphatic heterocycles. The summed E-state index contributed by atoms with van der Waals surface area (Å²) in [5.74, 6) is 0.633. The van der Waals surface area contributed by atoms with Crippen LogP contribution in [-0.2, 0) is 24.5 Å². The summed E-state index contributed by atoms with van der Waals surface area (Å²) in [6.07, 6.45) is 0.386. The summed E-state index contributed by atoms with van der Waals surface area (Å²) < 4.78 is 16.6. The maximum Gasteiger partial charge on any atom is 0.308 e. The Morgan fingerprint density at radius 1 is 1.28 bits per heavy atom. The van der Waals surface area contributed by atoms with Crippen molar-refractivity contribution in [2.24, 2.45) is 0 Å². The Balaban J connectivity index is 1.59. The van der Waals surface area contributed by atoms with Crippen LogP contribution in [0.25, 0.3) is 0 Å². The number of hydrogen-bond donors (Lipinski definition) is 2. The Morgan fingerprint density at radius 3 is 2.67 bits per heavy atom. The van der Waals surface area contributed by atoms with E-state index in [1.165, 1.54) is 6.92 Å². The van der Waals surface area contributed by atoms with Crippen molar-refractivity contribution in [2.45, 2.75) is 59.0 Å². The molecule has 1 aromatic heterocycles. The topological polar surface area (TPSA) is 129 Å². The summed E-state index contributed by atoms with van der Waals surface area (Å²) in [5, 5.41) is 3.25. The normalized spacial score (nSPS) is 13.7. The van der Waals surface area contributed by atoms with Crippen LogP contribution < -0.4 is 20.7 Å². The Morgan fingerprint density at radius 2 is 2.00 bits per heavy atom. The van der Waals surface area contributed by atoms with Crippen LogP contribution in [0.15, 0.2) is 12.1 Å². The van der Waals surface area contributed by atoms with Gasteiger partial charge in [-0.25, -0.2) is 0 Å². The molecule has 1 atom stereocenters. The van der Waals surface area contributed by atoms with E-state index < -0.39 is 11.4 Å². The predicted octanol–water partition coefficient (Wildman–Crippen LogP) is 3.76. The molecule has 3 N–H and O–H groups in total. The number of nitrogen functional groups attached to an aromatic ring is 1. The molecule has 0 radical (unpaired) electrons. The summed E-state index contributed by atoms with van der Waals surface area (Å²) in [4.78, 5) is 34.7. The number of halogens is 1. The number of anilines is 3. The lowest BCUT2D eigenvalue weighted by Gasteiger charge is -2.29. The SMILES string of the molecule is COC(CCN1CNc2c(N)nc(Cl)nc21)COC(=O)CC(C)(C)c1c(C)cc(C)cc1OC(C)=O. The number of fused-ring (bicyclic) bond motifs is 1. The van der Waals surface area contributed by atoms with Crippen molar-refractivity contribution in [1.29, 1.82) is 0 Å². The van der Waals surface area contributed by atoms with Gasteiger partial charge in [0, 0.05) is 31.6 Å². The van der Waals surface area contributed by atoms with Crippen LogP contribution in [0.3, 0.4) is 0 Å². The smallest absolute Gasteiger partial charge is 0.308 e. The summed E-state index contributed by atoms with van der Waals surface area (Å²) in [6, 6.07) is 3.82. The molecule has 0 fully saturated rings. The molecule has 1 unspecified atom stereocenters. The monoisotopic (exact) mass is 519 g/mol. The summed E-state index contributed by atoms with van der Waals surface area (Å²) in [6.45, 7) is 10.3. The van der Waals surface area contributed by atoms with E-state index >= 15 is 0 Å². The molecule has 36 heavy (non-hydrogen) atoms. The number of rotatable bonds is 10. The number of aryl methyl sites for hydroxylation is 2. The second-order valence-electron chi connectivity index (χ2n) is 9.61. The molecule has 0 aliphatic carbocycles. The van der Waals surface area contributed by atoms with Gasteiger partial charge in [-0.2, -0.15) is 9.97 Å². The average molecular weight is 520 g/mol. The lowest BCUT2D eigenvalue weighted by atomic mass is 9.78. The number of nitrogens with two attached hydrogens (primary N) is 1. The number of benzene rings is 1. The van der Waals surface area contributed by atoms with Crippen molar-refractivity contribution < 1.29 is 23.8 Å². The van der Waals surface area contributed by atoms with E-state index in [4.69, 9.17) is 31.5 Å². The van der Waals surface area contributed by atoms with Crippen molar-refractivity contribution in [3.8, 4) is 5.75 Å². The fourth-order valence-electron chi connectivity index (χ4n) is 4.56. The predicted molar refractivity (Wildman–Crippen MR) is 139 cm³/mol. The molecular weight excluding hydrogens is 486 g/mol. The minimum atomic E-state index is -0.619. The Bertz CT molecular complexity index is 1140. The number of carbonyl (C=O) groups is 2. The zero-order valence-corrected chi connectivity index (χ0v) is 22.4. The first-order valence-electron chi connectivity index (χ1n) is 11.7. The van der Waals surface area contributed by atoms with E-state index in [0.29, 0.717) is 42.7 Å². The van der Waals surface area contributed by atoms with Gasteiger partial charge in [0.2, 0.25) is 5.28 Å². The van der Waals surface area contributed by atoms with Crippen molar-refractivity contribution in [2.75, 3.05) is 42.9 Å². The van der Waals surface area contributed by atoms with Gasteiger partial charge >= 0.3 is 11.9 Å². The number of carbonyl (C=O) groups excluding carboxylic acids is 2. The average Bonchev–Trinajstić information content (AvgIpc) is 3.15. The van der Waals surface area contributed by atoms with Crippen LogP contribution in [-0.4, -0.2) is 54.9 Å². The zero-order valence-electron chi connectivity index (χ0n) is 21.6. The van der Waals surface area contributed by atoms with Gasteiger partial charge in [0.25, 0.3) is 0 Å². The van der Waals surface area contributed by atoms with Crippen molar-refractivity contribution in [3.63, 3.8) is 0 Å². The number of hydrogen-bond acceptors (Lipinski definition) is 10. The first-order chi connectivity index (χ1) is 16.9. The summed E-state index contributed by atoms with van der Waals surface area (Å²) in [7, 11) is 1.58. The molecule has 10 nitrogen and oxygen atoms in total. The van der Waals surface area contributed by atoms with Gasteiger partial charge in [-0.1, -0.05) is 19.9 Å². The Hall–Kier alpha value is -3.11. The highest BCUT2D eigenvalue weighted by Crippen LogP contribution is 2.38. The van der Waals surface area contributed by atoms with E-state index in [1.54, 1.807) is 7.11 Å². The number of ether oxygens (including phenoxy) is 3. The number of nitrogens with one attached hydrogen (secondary N) is 1. The molecule has 0 spiro atoms. The molecule has 3 rings (SSSR count). The highest BCUT2D eigenvalue weighted by atomic mass is 35.5. The molecule has 1 aromatic carbocycles. The van der Waals surface area contributed by atoms with Crippen LogP contribution >= 0.6 is 11.6 Å². The van der Waals surface area contributed by atoms with E-state index in [0.717, 1.165) is 16.7 Å². The Labute approximate surface area is 216 Å². The number of methoxy groups -OCH3 is 1. The number of aromatic nitrogens is 2. The van der Waals surface area contributed by atoms with Crippen LogP contribution in [0.2, 0.25) is 5.28 Å². The maximum absolute atomic E-state index is 12.8. The fourth-order valence-corrected chi connectivity index (χ4v) is 4.73. The zero-order chi connectivity index (χ0) is 26.6. The number of esters is 2. The second-order valence-corrected chi connectivity index (χ2v) is 9.95. The molecule has 0 bridgehead atoms. The maximum atomic E-state index is 12.8. The van der Waals surface area contributed by atoms with Gasteiger partial charge < -0.3 is 30.2 Å². The minimum absolute atomic E-state index is 0.0838. The number of nitrogens with zero attached hydrogens (tertiary/aromatic N) is 3. The molecule has 11 heteroatoms. The third-order valence-corrected chi connectivity index (χ3v) is 6.25. The summed E-state index contributed by atoms with van der Waals surface area (Å²) in [5.41, 5.74) is 8.67. The van der Waals surface area contributed by atoms with Gasteiger partial charge in [0.05, 0.1) is 19.2 Å². The lowest BCUT2D eigenvalue weighted by molar-refractivity contribution is -0.148. The van der Waals surface area contributed by atoms with E-state index in [2.05, 4.69) is 15.3 Å². The van der Waals surface area contributed by atoms with Crippen LogP contribution in [0.5, 0.6) is 5.75 Å². The molecule has 1 aliphatic rings. The summed E-state index contributed by atoms with van der Waals surface area (Å²) >= 11 is 5.95. The van der Waals surface area contributed by atoms with Crippen LogP contribution in [0, 0.1) is 13.8 Å². The van der Waals surface area contributed by atoms with Crippen molar-refractivity contribution >= 4 is 40.9 Å². The first kappa shape index (κ1) is 27.5.